The van der Waals surface area contributed by atoms with Gasteiger partial charge in [-0.05, 0) is 50.1 Å². The molecule has 0 saturated heterocycles. The maximum absolute atomic E-state index is 12.7. The maximum Gasteiger partial charge on any atom is 0.433 e. The minimum absolute atomic E-state index is 0.00688. The fourth-order valence-corrected chi connectivity index (χ4v) is 2.59. The molecule has 0 radical (unpaired) electrons. The number of aromatic nitrogens is 1. The zero-order valence-electron chi connectivity index (χ0n) is 15.0. The van der Waals surface area contributed by atoms with Crippen molar-refractivity contribution >= 4 is 0 Å². The van der Waals surface area contributed by atoms with Gasteiger partial charge < -0.3 is 15.2 Å². The molecular formula is C19H23F3N2O2. The van der Waals surface area contributed by atoms with Crippen LogP contribution in [0, 0.1) is 0 Å². The van der Waals surface area contributed by atoms with E-state index in [4.69, 9.17) is 4.74 Å². The second kappa shape index (κ2) is 8.05. The molecule has 0 unspecified atom stereocenters. The number of nitrogens with one attached hydrogen (secondary N) is 1. The number of hydrogen-bond donors (Lipinski definition) is 2. The first-order chi connectivity index (χ1) is 12.1. The topological polar surface area (TPSA) is 54.4 Å². The molecule has 0 bridgehead atoms. The normalized spacial score (nSPS) is 13.5. The molecule has 0 spiro atoms. The number of pyridine rings is 1. The number of benzene rings is 1. The summed E-state index contributed by atoms with van der Waals surface area (Å²) in [5, 5.41) is 13.4. The Morgan fingerprint density at radius 3 is 2.35 bits per heavy atom. The van der Waals surface area contributed by atoms with Gasteiger partial charge in [0.25, 0.3) is 0 Å². The van der Waals surface area contributed by atoms with E-state index in [1.165, 1.54) is 12.1 Å². The Bertz CT molecular complexity index is 715. The first-order valence-corrected chi connectivity index (χ1v) is 8.21. The summed E-state index contributed by atoms with van der Waals surface area (Å²) in [4.78, 5) is 3.52. The first-order valence-electron chi connectivity index (χ1n) is 8.21. The molecule has 4 nitrogen and oxygen atoms in total. The Morgan fingerprint density at radius 1 is 1.12 bits per heavy atom. The third kappa shape index (κ3) is 5.71. The Hall–Kier alpha value is -2.12. The van der Waals surface area contributed by atoms with E-state index in [2.05, 4.69) is 10.3 Å². The van der Waals surface area contributed by atoms with Gasteiger partial charge in [0.1, 0.15) is 17.5 Å². The number of methoxy groups -OCH3 is 1. The highest BCUT2D eigenvalue weighted by Crippen LogP contribution is 2.28. The van der Waals surface area contributed by atoms with Crippen LogP contribution >= 0.6 is 0 Å². The molecule has 142 valence electrons. The van der Waals surface area contributed by atoms with Crippen molar-refractivity contribution in [3.8, 4) is 5.75 Å². The molecule has 1 aromatic heterocycles. The number of alkyl halides is 3. The summed E-state index contributed by atoms with van der Waals surface area (Å²) >= 11 is 0. The number of halogens is 3. The van der Waals surface area contributed by atoms with Crippen LogP contribution in [0.1, 0.15) is 36.9 Å². The zero-order valence-corrected chi connectivity index (χ0v) is 15.0. The molecule has 0 aliphatic rings. The van der Waals surface area contributed by atoms with Crippen LogP contribution in [-0.2, 0) is 12.6 Å². The number of ether oxygens (including phenoxy) is 1. The standard InChI is InChI=1S/C19H23F3N2O2/c1-18(2,11-13-7-9-14(26-3)10-8-13)23-12-16(25)15-5-4-6-17(24-15)19(20,21)22/h4-10,16,23,25H,11-12H2,1-3H3/t16-/m1/s1. The molecule has 0 amide bonds. The Balaban J connectivity index is 1.97. The number of hydrogen-bond acceptors (Lipinski definition) is 4. The van der Waals surface area contributed by atoms with E-state index < -0.39 is 18.0 Å². The van der Waals surface area contributed by atoms with Crippen LogP contribution in [0.2, 0.25) is 0 Å². The van der Waals surface area contributed by atoms with E-state index in [0.717, 1.165) is 17.4 Å². The number of aliphatic hydroxyl groups excluding tert-OH is 1. The van der Waals surface area contributed by atoms with Crippen molar-refractivity contribution in [1.29, 1.82) is 0 Å². The molecule has 1 atom stereocenters. The van der Waals surface area contributed by atoms with E-state index in [1.54, 1.807) is 7.11 Å². The third-order valence-electron chi connectivity index (χ3n) is 3.98. The predicted molar refractivity (Wildman–Crippen MR) is 93.0 cm³/mol. The van der Waals surface area contributed by atoms with Crippen LogP contribution < -0.4 is 10.1 Å². The smallest absolute Gasteiger partial charge is 0.433 e. The van der Waals surface area contributed by atoms with Crippen LogP contribution in [0.4, 0.5) is 13.2 Å². The van der Waals surface area contributed by atoms with Crippen molar-refractivity contribution < 1.29 is 23.0 Å². The summed E-state index contributed by atoms with van der Waals surface area (Å²) in [6.07, 6.45) is -4.98. The summed E-state index contributed by atoms with van der Waals surface area (Å²) in [5.74, 6) is 0.769. The molecule has 2 rings (SSSR count). The SMILES string of the molecule is COc1ccc(CC(C)(C)NC[C@@H](O)c2cccc(C(F)(F)F)n2)cc1. The van der Waals surface area contributed by atoms with Gasteiger partial charge in [0.2, 0.25) is 0 Å². The van der Waals surface area contributed by atoms with Gasteiger partial charge >= 0.3 is 6.18 Å². The minimum Gasteiger partial charge on any atom is -0.497 e. The number of rotatable bonds is 7. The lowest BCUT2D eigenvalue weighted by Crippen LogP contribution is -2.43. The molecule has 0 fully saturated rings. The zero-order chi connectivity index (χ0) is 19.4. The van der Waals surface area contributed by atoms with Crippen molar-refractivity contribution in [2.45, 2.75) is 38.1 Å². The highest BCUT2D eigenvalue weighted by Gasteiger charge is 2.33. The molecule has 7 heteroatoms. The van der Waals surface area contributed by atoms with Crippen LogP contribution in [0.15, 0.2) is 42.5 Å². The summed E-state index contributed by atoms with van der Waals surface area (Å²) in [5.41, 5.74) is -0.300. The van der Waals surface area contributed by atoms with Gasteiger partial charge in [0.05, 0.1) is 12.8 Å². The van der Waals surface area contributed by atoms with Crippen molar-refractivity contribution in [3.05, 3.63) is 59.4 Å². The lowest BCUT2D eigenvalue weighted by atomic mass is 9.94. The highest BCUT2D eigenvalue weighted by atomic mass is 19.4. The van der Waals surface area contributed by atoms with Crippen LogP contribution in [0.5, 0.6) is 5.75 Å². The fraction of sp³-hybridized carbons (Fsp3) is 0.421. The quantitative estimate of drug-likeness (QED) is 0.782. The van der Waals surface area contributed by atoms with Gasteiger partial charge in [-0.2, -0.15) is 13.2 Å². The fourth-order valence-electron chi connectivity index (χ4n) is 2.59. The van der Waals surface area contributed by atoms with Gasteiger partial charge in [0.15, 0.2) is 0 Å². The Kier molecular flexibility index (Phi) is 6.26. The van der Waals surface area contributed by atoms with E-state index in [1.807, 2.05) is 38.1 Å². The van der Waals surface area contributed by atoms with Crippen LogP contribution in [0.3, 0.4) is 0 Å². The van der Waals surface area contributed by atoms with Gasteiger partial charge in [-0.3, -0.25) is 0 Å². The van der Waals surface area contributed by atoms with E-state index in [-0.39, 0.29) is 17.8 Å². The lowest BCUT2D eigenvalue weighted by Gasteiger charge is -2.28. The second-order valence-corrected chi connectivity index (χ2v) is 6.75. The van der Waals surface area contributed by atoms with E-state index in [0.29, 0.717) is 6.42 Å². The molecule has 26 heavy (non-hydrogen) atoms. The molecule has 2 aromatic rings. The first kappa shape index (κ1) is 20.2. The highest BCUT2D eigenvalue weighted by molar-refractivity contribution is 5.28. The van der Waals surface area contributed by atoms with Gasteiger partial charge in [-0.1, -0.05) is 18.2 Å². The summed E-state index contributed by atoms with van der Waals surface area (Å²) in [6.45, 7) is 4.02. The molecular weight excluding hydrogens is 345 g/mol. The van der Waals surface area contributed by atoms with Gasteiger partial charge in [0, 0.05) is 12.1 Å². The molecule has 0 saturated carbocycles. The van der Waals surface area contributed by atoms with Crippen molar-refractivity contribution in [1.82, 2.24) is 10.3 Å². The molecule has 0 aliphatic carbocycles. The van der Waals surface area contributed by atoms with Crippen LogP contribution in [0.25, 0.3) is 0 Å². The number of nitrogens with zero attached hydrogens (tertiary/aromatic N) is 1. The predicted octanol–water partition coefficient (Wildman–Crippen LogP) is 3.75. The maximum atomic E-state index is 12.7. The molecule has 1 heterocycles. The summed E-state index contributed by atoms with van der Waals surface area (Å²) in [7, 11) is 1.60. The Morgan fingerprint density at radius 2 is 1.77 bits per heavy atom. The molecule has 1 aromatic carbocycles. The van der Waals surface area contributed by atoms with Gasteiger partial charge in [-0.25, -0.2) is 4.98 Å². The lowest BCUT2D eigenvalue weighted by molar-refractivity contribution is -0.141. The summed E-state index contributed by atoms with van der Waals surface area (Å²) in [6, 6.07) is 11.2. The number of β-amino-alcohol motifs (C(OH)–C–C–N with tert-alkyl or cyclic N) is 1. The van der Waals surface area contributed by atoms with Crippen molar-refractivity contribution in [3.63, 3.8) is 0 Å². The van der Waals surface area contributed by atoms with E-state index >= 15 is 0 Å². The number of aliphatic hydroxyl groups is 1. The van der Waals surface area contributed by atoms with E-state index in [9.17, 15) is 18.3 Å². The van der Waals surface area contributed by atoms with Gasteiger partial charge in [-0.15, -0.1) is 0 Å². The summed E-state index contributed by atoms with van der Waals surface area (Å²) < 4.78 is 43.3. The average molecular weight is 368 g/mol. The monoisotopic (exact) mass is 368 g/mol. The van der Waals surface area contributed by atoms with Crippen LogP contribution in [-0.4, -0.2) is 29.3 Å². The largest absolute Gasteiger partial charge is 0.497 e. The third-order valence-corrected chi connectivity index (χ3v) is 3.98. The second-order valence-electron chi connectivity index (χ2n) is 6.75. The molecule has 0 aliphatic heterocycles. The van der Waals surface area contributed by atoms with Crippen molar-refractivity contribution in [2.24, 2.45) is 0 Å². The van der Waals surface area contributed by atoms with Crippen molar-refractivity contribution in [2.75, 3.05) is 13.7 Å². The minimum atomic E-state index is -4.53. The average Bonchev–Trinajstić information content (AvgIpc) is 2.59. The molecule has 2 N–H and O–H groups in total. The Labute approximate surface area is 151 Å².